The van der Waals surface area contributed by atoms with Gasteiger partial charge in [0.25, 0.3) is 20.2 Å². The standard InChI is InChI=1S/C32H22Cl2N6O6S2/c33-23-13-17(9-11-25(23)37-39-27-15-19-5-1-3-7-21(19)31(29(27)35)47(41,42)43)18-10-12-26(24(34)14-18)38-40-28-16-20-6-2-4-8-22(20)32(30(28)36)48(44,45)46/h1-16H,35-36H2,(H,41,42,43)(H,44,45,46)/b39-37+,40-38+. The minimum Gasteiger partial charge on any atom is -0.396 e. The van der Waals surface area contributed by atoms with Crippen molar-refractivity contribution in [2.24, 2.45) is 20.5 Å². The SMILES string of the molecule is Nc1c(/N=N/c2ccc(-c3ccc(/N=N/c4cc5ccccc5c(S(=O)(=O)O)c4N)c(Cl)c3)cc2Cl)cc2ccccc2c1S(=O)(=O)O. The van der Waals surface area contributed by atoms with Crippen LogP contribution in [0.4, 0.5) is 34.1 Å². The second kappa shape index (κ2) is 12.6. The van der Waals surface area contributed by atoms with Gasteiger partial charge in [0, 0.05) is 10.8 Å². The number of anilines is 2. The quantitative estimate of drug-likeness (QED) is 0.0706. The molecule has 0 amide bonds. The Hall–Kier alpha value is -4.96. The number of hydrogen-bond donors (Lipinski definition) is 4. The largest absolute Gasteiger partial charge is 0.396 e. The van der Waals surface area contributed by atoms with E-state index in [9.17, 15) is 25.9 Å². The fourth-order valence-electron chi connectivity index (χ4n) is 5.10. The zero-order valence-electron chi connectivity index (χ0n) is 24.3. The summed E-state index contributed by atoms with van der Waals surface area (Å²) in [4.78, 5) is -0.918. The Bertz CT molecular complexity index is 2400. The Balaban J connectivity index is 1.28. The minimum absolute atomic E-state index is 0.0256. The van der Waals surface area contributed by atoms with Gasteiger partial charge in [-0.25, -0.2) is 0 Å². The van der Waals surface area contributed by atoms with Crippen molar-refractivity contribution in [3.63, 3.8) is 0 Å². The number of halogens is 2. The molecule has 6 aromatic carbocycles. The van der Waals surface area contributed by atoms with Crippen molar-refractivity contribution in [1.82, 2.24) is 0 Å². The number of rotatable bonds is 7. The first kappa shape index (κ1) is 33.0. The van der Waals surface area contributed by atoms with Crippen LogP contribution in [-0.2, 0) is 20.2 Å². The lowest BCUT2D eigenvalue weighted by atomic mass is 10.0. The van der Waals surface area contributed by atoms with E-state index in [1.807, 2.05) is 0 Å². The molecule has 0 unspecified atom stereocenters. The fourth-order valence-corrected chi connectivity index (χ4v) is 7.23. The summed E-state index contributed by atoms with van der Waals surface area (Å²) >= 11 is 13.0. The number of nitrogen functional groups attached to an aromatic ring is 2. The Morgan fingerprint density at radius 1 is 0.500 bits per heavy atom. The molecule has 0 radical (unpaired) electrons. The molecular weight excluding hydrogens is 699 g/mol. The van der Waals surface area contributed by atoms with Gasteiger partial charge in [-0.3, -0.25) is 9.11 Å². The van der Waals surface area contributed by atoms with Crippen molar-refractivity contribution >= 4 is 99.1 Å². The molecule has 0 bridgehead atoms. The van der Waals surface area contributed by atoms with Gasteiger partial charge in [-0.2, -0.15) is 16.8 Å². The van der Waals surface area contributed by atoms with Crippen LogP contribution in [0, 0.1) is 0 Å². The molecule has 242 valence electrons. The van der Waals surface area contributed by atoms with Crippen LogP contribution >= 0.6 is 23.2 Å². The summed E-state index contributed by atoms with van der Waals surface area (Å²) in [7, 11) is -9.33. The number of hydrogen-bond acceptors (Lipinski definition) is 10. The molecule has 0 spiro atoms. The fraction of sp³-hybridized carbons (Fsp3) is 0. The van der Waals surface area contributed by atoms with Crippen LogP contribution < -0.4 is 11.5 Å². The lowest BCUT2D eigenvalue weighted by Gasteiger charge is -2.10. The van der Waals surface area contributed by atoms with Crippen LogP contribution in [-0.4, -0.2) is 25.9 Å². The summed E-state index contributed by atoms with van der Waals surface area (Å²) in [5.74, 6) is 0. The van der Waals surface area contributed by atoms with E-state index in [-0.39, 0.29) is 54.9 Å². The number of azo groups is 2. The maximum Gasteiger partial charge on any atom is 0.297 e. The van der Waals surface area contributed by atoms with Crippen molar-refractivity contribution < 1.29 is 25.9 Å². The van der Waals surface area contributed by atoms with Gasteiger partial charge in [-0.05, 0) is 58.3 Å². The van der Waals surface area contributed by atoms with Gasteiger partial charge in [0.05, 0.1) is 21.4 Å². The summed E-state index contributed by atoms with van der Waals surface area (Å²) < 4.78 is 68.0. The van der Waals surface area contributed by atoms with Gasteiger partial charge >= 0.3 is 0 Å². The number of benzene rings is 6. The minimum atomic E-state index is -4.66. The zero-order chi connectivity index (χ0) is 34.4. The Kier molecular flexibility index (Phi) is 8.63. The molecule has 0 saturated heterocycles. The molecule has 16 heteroatoms. The first-order chi connectivity index (χ1) is 22.7. The maximum absolute atomic E-state index is 12.1. The predicted octanol–water partition coefficient (Wildman–Crippen LogP) is 9.46. The van der Waals surface area contributed by atoms with Crippen molar-refractivity contribution in [2.45, 2.75) is 9.79 Å². The molecule has 12 nitrogen and oxygen atoms in total. The van der Waals surface area contributed by atoms with Crippen LogP contribution in [0.3, 0.4) is 0 Å². The van der Waals surface area contributed by atoms with E-state index >= 15 is 0 Å². The average molecular weight is 722 g/mol. The molecule has 0 aromatic heterocycles. The summed E-state index contributed by atoms with van der Waals surface area (Å²) in [5.41, 5.74) is 13.5. The molecule has 6 aromatic rings. The molecule has 0 aliphatic rings. The van der Waals surface area contributed by atoms with Crippen LogP contribution in [0.25, 0.3) is 32.7 Å². The second-order valence-corrected chi connectivity index (χ2v) is 13.9. The monoisotopic (exact) mass is 720 g/mol. The summed E-state index contributed by atoms with van der Waals surface area (Å²) in [5, 5.41) is 18.4. The van der Waals surface area contributed by atoms with Crippen LogP contribution in [0.15, 0.2) is 127 Å². The third kappa shape index (κ3) is 6.44. The van der Waals surface area contributed by atoms with E-state index in [4.69, 9.17) is 34.7 Å². The lowest BCUT2D eigenvalue weighted by Crippen LogP contribution is -2.04. The first-order valence-corrected chi connectivity index (χ1v) is 17.4. The highest BCUT2D eigenvalue weighted by Gasteiger charge is 2.22. The normalized spacial score (nSPS) is 12.5. The topological polar surface area (TPSA) is 210 Å². The van der Waals surface area contributed by atoms with Gasteiger partial charge in [0.2, 0.25) is 0 Å². The predicted molar refractivity (Wildman–Crippen MR) is 187 cm³/mol. The van der Waals surface area contributed by atoms with E-state index in [1.54, 1.807) is 84.9 Å². The first-order valence-electron chi connectivity index (χ1n) is 13.7. The zero-order valence-corrected chi connectivity index (χ0v) is 27.4. The molecule has 48 heavy (non-hydrogen) atoms. The maximum atomic E-state index is 12.1. The van der Waals surface area contributed by atoms with Crippen LogP contribution in [0.2, 0.25) is 10.0 Å². The van der Waals surface area contributed by atoms with Gasteiger partial charge in [-0.15, -0.1) is 20.5 Å². The molecule has 6 rings (SSSR count). The lowest BCUT2D eigenvalue weighted by molar-refractivity contribution is 0.482. The third-order valence-electron chi connectivity index (χ3n) is 7.31. The van der Waals surface area contributed by atoms with E-state index in [1.165, 1.54) is 12.1 Å². The van der Waals surface area contributed by atoms with E-state index in [2.05, 4.69) is 20.5 Å². The molecule has 0 fully saturated rings. The molecular formula is C32H22Cl2N6O6S2. The van der Waals surface area contributed by atoms with Crippen LogP contribution in [0.1, 0.15) is 0 Å². The van der Waals surface area contributed by atoms with Crippen molar-refractivity contribution in [3.05, 3.63) is 107 Å². The molecule has 0 atom stereocenters. The molecule has 0 aliphatic heterocycles. The molecule has 6 N–H and O–H groups in total. The summed E-state index contributed by atoms with van der Waals surface area (Å²) in [6.07, 6.45) is 0. The van der Waals surface area contributed by atoms with E-state index in [0.717, 1.165) is 0 Å². The van der Waals surface area contributed by atoms with Crippen molar-refractivity contribution in [3.8, 4) is 11.1 Å². The highest BCUT2D eigenvalue weighted by molar-refractivity contribution is 7.86. The van der Waals surface area contributed by atoms with E-state index in [0.29, 0.717) is 21.9 Å². The van der Waals surface area contributed by atoms with Crippen molar-refractivity contribution in [2.75, 3.05) is 11.5 Å². The Morgan fingerprint density at radius 2 is 0.854 bits per heavy atom. The van der Waals surface area contributed by atoms with Crippen molar-refractivity contribution in [1.29, 1.82) is 0 Å². The van der Waals surface area contributed by atoms with E-state index < -0.39 is 30.0 Å². The number of fused-ring (bicyclic) bond motifs is 2. The van der Waals surface area contributed by atoms with Crippen LogP contribution in [0.5, 0.6) is 0 Å². The highest BCUT2D eigenvalue weighted by atomic mass is 35.5. The summed E-state index contributed by atoms with van der Waals surface area (Å²) in [6, 6.07) is 26.0. The van der Waals surface area contributed by atoms with Gasteiger partial charge < -0.3 is 11.5 Å². The molecule has 0 aliphatic carbocycles. The molecule has 0 heterocycles. The number of nitrogens with zero attached hydrogens (tertiary/aromatic N) is 4. The number of nitrogens with two attached hydrogens (primary N) is 2. The Morgan fingerprint density at radius 3 is 1.21 bits per heavy atom. The van der Waals surface area contributed by atoms with Gasteiger partial charge in [0.1, 0.15) is 32.5 Å². The third-order valence-corrected chi connectivity index (χ3v) is 9.83. The average Bonchev–Trinajstić information content (AvgIpc) is 3.02. The second-order valence-electron chi connectivity index (χ2n) is 10.4. The van der Waals surface area contributed by atoms with Gasteiger partial charge in [-0.1, -0.05) is 83.9 Å². The van der Waals surface area contributed by atoms with Gasteiger partial charge in [0.15, 0.2) is 0 Å². The summed E-state index contributed by atoms with van der Waals surface area (Å²) in [6.45, 7) is 0. The Labute approximate surface area is 283 Å². The highest BCUT2D eigenvalue weighted by Crippen LogP contribution is 2.41. The molecule has 0 saturated carbocycles. The smallest absolute Gasteiger partial charge is 0.297 e.